The fraction of sp³-hybridized carbons (Fsp3) is 0.222. The number of carbonyl (C=O) groups is 1. The van der Waals surface area contributed by atoms with Crippen LogP contribution in [0, 0.1) is 5.82 Å². The number of fused-ring (bicyclic) bond motifs is 2. The van der Waals surface area contributed by atoms with Gasteiger partial charge in [-0.3, -0.25) is 4.79 Å². The molecule has 8 nitrogen and oxygen atoms in total. The smallest absolute Gasteiger partial charge is 0.326 e. The lowest BCUT2D eigenvalue weighted by Crippen LogP contribution is -2.23. The number of carbonyl (C=O) groups excluding carboxylic acids is 1. The van der Waals surface area contributed by atoms with Gasteiger partial charge in [0.25, 0.3) is 10.0 Å². The molecule has 0 radical (unpaired) electrons. The number of aromatic nitrogens is 1. The monoisotopic (exact) mass is 438 g/mol. The van der Waals surface area contributed by atoms with E-state index in [-0.39, 0.29) is 29.6 Å². The molecule has 29 heavy (non-hydrogen) atoms. The first-order chi connectivity index (χ1) is 13.9. The van der Waals surface area contributed by atoms with E-state index in [0.717, 1.165) is 35.6 Å². The Kier molecular flexibility index (Phi) is 5.01. The molecule has 3 aromatic rings. The number of sulfonamides is 1. The van der Waals surface area contributed by atoms with Gasteiger partial charge in [0, 0.05) is 12.1 Å². The molecule has 2 heterocycles. The summed E-state index contributed by atoms with van der Waals surface area (Å²) in [5, 5.41) is 0. The highest BCUT2D eigenvalue weighted by atomic mass is 32.2. The number of hydrogen-bond acceptors (Lipinski definition) is 7. The summed E-state index contributed by atoms with van der Waals surface area (Å²) in [5.74, 6) is -0.0842. The van der Waals surface area contributed by atoms with Crippen molar-refractivity contribution >= 4 is 37.5 Å². The molecule has 0 atom stereocenters. The zero-order valence-electron chi connectivity index (χ0n) is 15.1. The second-order valence-electron chi connectivity index (χ2n) is 5.97. The highest BCUT2D eigenvalue weighted by Gasteiger charge is 2.21. The summed E-state index contributed by atoms with van der Waals surface area (Å²) >= 11 is 1.07. The molecule has 1 aromatic heterocycles. The average Bonchev–Trinajstić information content (AvgIpc) is 3.24. The van der Waals surface area contributed by atoms with Crippen LogP contribution in [0.15, 0.2) is 45.7 Å². The second kappa shape index (κ2) is 7.48. The summed E-state index contributed by atoms with van der Waals surface area (Å²) in [6.45, 7) is 1.72. The van der Waals surface area contributed by atoms with Gasteiger partial charge in [-0.15, -0.1) is 4.40 Å². The quantitative estimate of drug-likeness (QED) is 0.568. The van der Waals surface area contributed by atoms with Gasteiger partial charge < -0.3 is 18.8 Å². The predicted molar refractivity (Wildman–Crippen MR) is 102 cm³/mol. The SMILES string of the molecule is CCOC(=O)Cn1c(=NS(=O)(=O)c2ccc(F)cc2)sc2cc3c(cc21)OCO3. The van der Waals surface area contributed by atoms with E-state index in [1.807, 2.05) is 0 Å². The molecule has 4 rings (SSSR count). The predicted octanol–water partition coefficient (Wildman–Crippen LogP) is 2.42. The topological polar surface area (TPSA) is 96.2 Å². The van der Waals surface area contributed by atoms with E-state index in [1.165, 1.54) is 4.57 Å². The van der Waals surface area contributed by atoms with E-state index in [4.69, 9.17) is 14.2 Å². The van der Waals surface area contributed by atoms with E-state index < -0.39 is 21.8 Å². The molecular weight excluding hydrogens is 423 g/mol. The largest absolute Gasteiger partial charge is 0.465 e. The summed E-state index contributed by atoms with van der Waals surface area (Å²) in [7, 11) is -4.13. The zero-order valence-corrected chi connectivity index (χ0v) is 16.8. The van der Waals surface area contributed by atoms with Gasteiger partial charge in [-0.1, -0.05) is 11.3 Å². The van der Waals surface area contributed by atoms with Crippen molar-refractivity contribution < 1.29 is 31.8 Å². The Morgan fingerprint density at radius 2 is 1.93 bits per heavy atom. The Labute approximate surface area is 168 Å². The van der Waals surface area contributed by atoms with Crippen LogP contribution < -0.4 is 14.3 Å². The number of esters is 1. The summed E-state index contributed by atoms with van der Waals surface area (Å²) in [4.78, 5) is 12.0. The third-order valence-electron chi connectivity index (χ3n) is 4.08. The molecule has 11 heteroatoms. The van der Waals surface area contributed by atoms with Crippen LogP contribution in [0.1, 0.15) is 6.92 Å². The Hall–Kier alpha value is -2.92. The molecule has 0 N–H and O–H groups in total. The van der Waals surface area contributed by atoms with Crippen molar-refractivity contribution in [2.45, 2.75) is 18.4 Å². The first-order valence-corrected chi connectivity index (χ1v) is 10.8. The van der Waals surface area contributed by atoms with Gasteiger partial charge in [0.2, 0.25) is 11.6 Å². The van der Waals surface area contributed by atoms with E-state index in [0.29, 0.717) is 21.7 Å². The van der Waals surface area contributed by atoms with Crippen LogP contribution in [0.5, 0.6) is 11.5 Å². The van der Waals surface area contributed by atoms with Gasteiger partial charge in [-0.2, -0.15) is 8.42 Å². The van der Waals surface area contributed by atoms with E-state index in [1.54, 1.807) is 19.1 Å². The number of nitrogens with zero attached hydrogens (tertiary/aromatic N) is 2. The van der Waals surface area contributed by atoms with Gasteiger partial charge in [0.15, 0.2) is 11.5 Å². The van der Waals surface area contributed by atoms with Crippen molar-refractivity contribution in [2.24, 2.45) is 4.40 Å². The third-order valence-corrected chi connectivity index (χ3v) is 6.52. The van der Waals surface area contributed by atoms with Gasteiger partial charge in [0.1, 0.15) is 12.4 Å². The fourth-order valence-corrected chi connectivity index (χ4v) is 5.02. The van der Waals surface area contributed by atoms with Gasteiger partial charge in [0.05, 0.1) is 21.7 Å². The second-order valence-corrected chi connectivity index (χ2v) is 8.58. The lowest BCUT2D eigenvalue weighted by atomic mass is 10.3. The molecule has 0 saturated heterocycles. The highest BCUT2D eigenvalue weighted by Crippen LogP contribution is 2.37. The minimum Gasteiger partial charge on any atom is -0.465 e. The van der Waals surface area contributed by atoms with Crippen molar-refractivity contribution in [1.29, 1.82) is 0 Å². The molecule has 152 valence electrons. The zero-order chi connectivity index (χ0) is 20.6. The van der Waals surface area contributed by atoms with Crippen molar-refractivity contribution in [3.8, 4) is 11.5 Å². The summed E-state index contributed by atoms with van der Waals surface area (Å²) in [5.41, 5.74) is 0.556. The number of rotatable bonds is 5. The van der Waals surface area contributed by atoms with Crippen molar-refractivity contribution in [3.05, 3.63) is 47.0 Å². The first kappa shape index (κ1) is 19.4. The van der Waals surface area contributed by atoms with E-state index in [2.05, 4.69) is 4.40 Å². The molecule has 0 amide bonds. The molecule has 1 aliphatic heterocycles. The maximum atomic E-state index is 13.1. The minimum absolute atomic E-state index is 0.0704. The van der Waals surface area contributed by atoms with Crippen LogP contribution in [0.3, 0.4) is 0 Å². The molecule has 0 unspecified atom stereocenters. The van der Waals surface area contributed by atoms with Crippen LogP contribution in [-0.4, -0.2) is 32.4 Å². The van der Waals surface area contributed by atoms with E-state index in [9.17, 15) is 17.6 Å². The summed E-state index contributed by atoms with van der Waals surface area (Å²) < 4.78 is 60.2. The van der Waals surface area contributed by atoms with Crippen LogP contribution in [-0.2, 0) is 26.1 Å². The van der Waals surface area contributed by atoms with Crippen LogP contribution in [0.25, 0.3) is 10.2 Å². The first-order valence-electron chi connectivity index (χ1n) is 8.52. The molecule has 0 aliphatic carbocycles. The number of benzene rings is 2. The third kappa shape index (κ3) is 3.83. The standard InChI is InChI=1S/C18H15FN2O6S2/c1-2-25-17(22)9-21-13-7-14-15(27-10-26-14)8-16(13)28-18(21)20-29(23,24)12-5-3-11(19)4-6-12/h3-8H,2,9-10H2,1H3. The van der Waals surface area contributed by atoms with Crippen molar-refractivity contribution in [1.82, 2.24) is 4.57 Å². The van der Waals surface area contributed by atoms with Gasteiger partial charge >= 0.3 is 5.97 Å². The molecular formula is C18H15FN2O6S2. The van der Waals surface area contributed by atoms with Gasteiger partial charge in [-0.25, -0.2) is 4.39 Å². The fourth-order valence-electron chi connectivity index (χ4n) is 2.78. The molecule has 2 aromatic carbocycles. The Balaban J connectivity index is 1.89. The normalized spacial score (nSPS) is 13.8. The molecule has 1 aliphatic rings. The Bertz CT molecular complexity index is 1260. The Morgan fingerprint density at radius 3 is 2.62 bits per heavy atom. The molecule has 0 saturated carbocycles. The molecule has 0 fully saturated rings. The molecule has 0 bridgehead atoms. The van der Waals surface area contributed by atoms with Crippen LogP contribution >= 0.6 is 11.3 Å². The number of hydrogen-bond donors (Lipinski definition) is 0. The summed E-state index contributed by atoms with van der Waals surface area (Å²) in [6.07, 6.45) is 0. The van der Waals surface area contributed by atoms with E-state index >= 15 is 0 Å². The van der Waals surface area contributed by atoms with Crippen molar-refractivity contribution in [2.75, 3.05) is 13.4 Å². The highest BCUT2D eigenvalue weighted by molar-refractivity contribution is 7.90. The lowest BCUT2D eigenvalue weighted by Gasteiger charge is -2.06. The minimum atomic E-state index is -4.13. The number of halogens is 1. The number of ether oxygens (including phenoxy) is 3. The average molecular weight is 438 g/mol. The summed E-state index contributed by atoms with van der Waals surface area (Å²) in [6, 6.07) is 7.71. The number of thiazole rings is 1. The van der Waals surface area contributed by atoms with Gasteiger partial charge in [-0.05, 0) is 31.2 Å². The molecule has 0 spiro atoms. The van der Waals surface area contributed by atoms with Crippen LogP contribution in [0.2, 0.25) is 0 Å². The maximum Gasteiger partial charge on any atom is 0.326 e. The van der Waals surface area contributed by atoms with Crippen molar-refractivity contribution in [3.63, 3.8) is 0 Å². The lowest BCUT2D eigenvalue weighted by molar-refractivity contribution is -0.143. The van der Waals surface area contributed by atoms with Crippen LogP contribution in [0.4, 0.5) is 4.39 Å². The Morgan fingerprint density at radius 1 is 1.24 bits per heavy atom. The maximum absolute atomic E-state index is 13.1.